The number of ether oxygens (including phenoxy) is 2. The fourth-order valence-electron chi connectivity index (χ4n) is 9.21. The number of aromatic nitrogens is 4. The Hall–Kier alpha value is -6.00. The van der Waals surface area contributed by atoms with Crippen molar-refractivity contribution < 1.29 is 24.2 Å². The minimum Gasteiger partial charge on any atom is -0.492 e. The molecule has 14 nitrogen and oxygen atoms in total. The van der Waals surface area contributed by atoms with E-state index >= 15 is 0 Å². The van der Waals surface area contributed by atoms with E-state index in [4.69, 9.17) is 9.47 Å². The van der Waals surface area contributed by atoms with Crippen molar-refractivity contribution >= 4 is 90.4 Å². The fourth-order valence-corrected chi connectivity index (χ4v) is 11.7. The Balaban J connectivity index is 0.000000165. The number of benzene rings is 2. The number of aliphatic imine (C=N–C) groups is 2. The molecule has 2 aliphatic heterocycles. The molecule has 2 aromatic carbocycles. The second kappa shape index (κ2) is 17.9. The summed E-state index contributed by atoms with van der Waals surface area (Å²) < 4.78 is 11.8. The van der Waals surface area contributed by atoms with Crippen molar-refractivity contribution in [2.45, 2.75) is 86.2 Å². The third-order valence-corrected chi connectivity index (χ3v) is 14.4. The summed E-state index contributed by atoms with van der Waals surface area (Å²) in [6.45, 7) is 13.7. The van der Waals surface area contributed by atoms with E-state index in [1.54, 1.807) is 35.3 Å². The van der Waals surface area contributed by atoms with E-state index in [0.717, 1.165) is 109 Å². The van der Waals surface area contributed by atoms with E-state index in [1.807, 2.05) is 50.4 Å². The van der Waals surface area contributed by atoms with Gasteiger partial charge in [-0.1, -0.05) is 20.8 Å². The van der Waals surface area contributed by atoms with E-state index in [2.05, 4.69) is 73.5 Å². The van der Waals surface area contributed by atoms with Crippen molar-refractivity contribution in [3.05, 3.63) is 80.1 Å². The van der Waals surface area contributed by atoms with Crippen LogP contribution in [0.25, 0.3) is 20.4 Å². The number of rotatable bonds is 11. The van der Waals surface area contributed by atoms with Crippen molar-refractivity contribution in [1.29, 1.82) is 0 Å². The number of carboxylic acids is 1. The molecule has 6 aromatic rings. The molecule has 0 fully saturated rings. The Labute approximate surface area is 380 Å². The molecule has 0 radical (unpaired) electrons. The highest BCUT2D eigenvalue weighted by Gasteiger charge is 2.33. The third kappa shape index (κ3) is 8.77. The van der Waals surface area contributed by atoms with Gasteiger partial charge in [0.15, 0.2) is 0 Å². The maximum atomic E-state index is 13.2. The zero-order valence-corrected chi connectivity index (χ0v) is 38.7. The van der Waals surface area contributed by atoms with Gasteiger partial charge in [0.1, 0.15) is 45.5 Å². The first-order valence-corrected chi connectivity index (χ1v) is 23.6. The van der Waals surface area contributed by atoms with Crippen molar-refractivity contribution in [3.63, 3.8) is 0 Å². The van der Waals surface area contributed by atoms with Gasteiger partial charge >= 0.3 is 5.97 Å². The summed E-state index contributed by atoms with van der Waals surface area (Å²) in [6.07, 6.45) is 11.3. The lowest BCUT2D eigenvalue weighted by molar-refractivity contribution is -0.142. The van der Waals surface area contributed by atoms with Gasteiger partial charge in [0, 0.05) is 41.7 Å². The monoisotopic (exact) mass is 899 g/mol. The molecule has 2 aliphatic carbocycles. The molecule has 332 valence electrons. The maximum Gasteiger partial charge on any atom is 0.306 e. The minimum atomic E-state index is -0.723. The Kier molecular flexibility index (Phi) is 12.1. The standard InChI is InChI=1S/C27H33N5O2S.C21H20N4O3S/c1-6-34-21-10-18-13-28-12-17(18)9-20(21)31-24-23-19-8-7-16(26(33)32(5)14-27(2,3)4)11-22(19)35-25(23)30-15-29-24;1-2-28-16-6-13-9-22-8-12(13)5-15(16)25-19-18-14-4-3-11(21(26)27)7-17(14)29-20(18)24-10-23-19/h9-10,12,15-16H,6-8,11,13-14H2,1-5H3,(H,29,30,31);5-6,8,10-11H,2-4,7,9H2,1H3,(H,26,27)(H,23,24,25)/t16-;11-/m00/s1. The van der Waals surface area contributed by atoms with Crippen molar-refractivity contribution in [1.82, 2.24) is 24.8 Å². The average molecular weight is 900 g/mol. The highest BCUT2D eigenvalue weighted by atomic mass is 32.1. The SMILES string of the molecule is CCOc1cc2c(cc1Nc1ncnc3sc4c(c13)CC[C@H](C(=O)N(C)CC(C)(C)C)C4)C=NC2.CCOc1cc2c(cc1Nc1ncnc3sc4c(c13)CC[C@H](C(=O)O)C4)C=NC2. The summed E-state index contributed by atoms with van der Waals surface area (Å²) in [4.78, 5) is 57.6. The Morgan fingerprint density at radius 1 is 0.750 bits per heavy atom. The van der Waals surface area contributed by atoms with Crippen molar-refractivity contribution in [2.75, 3.05) is 37.4 Å². The van der Waals surface area contributed by atoms with Crippen LogP contribution < -0.4 is 20.1 Å². The molecule has 0 spiro atoms. The molecule has 2 atom stereocenters. The van der Waals surface area contributed by atoms with Gasteiger partial charge in [-0.25, -0.2) is 19.9 Å². The lowest BCUT2D eigenvalue weighted by Crippen LogP contribution is -2.39. The predicted molar refractivity (Wildman–Crippen MR) is 255 cm³/mol. The summed E-state index contributed by atoms with van der Waals surface area (Å²) in [6, 6.07) is 8.24. The molecular weight excluding hydrogens is 847 g/mol. The number of carboxylic acid groups (broad SMARTS) is 1. The van der Waals surface area contributed by atoms with Crippen LogP contribution in [0.3, 0.4) is 0 Å². The number of nitrogens with one attached hydrogen (secondary N) is 2. The van der Waals surface area contributed by atoms with E-state index in [-0.39, 0.29) is 23.2 Å². The van der Waals surface area contributed by atoms with E-state index < -0.39 is 5.97 Å². The number of nitrogens with zero attached hydrogens (tertiary/aromatic N) is 7. The highest BCUT2D eigenvalue weighted by Crippen LogP contribution is 2.44. The van der Waals surface area contributed by atoms with Crippen molar-refractivity contribution in [3.8, 4) is 11.5 Å². The van der Waals surface area contributed by atoms with Gasteiger partial charge in [0.25, 0.3) is 0 Å². The molecule has 0 unspecified atom stereocenters. The molecule has 0 bridgehead atoms. The van der Waals surface area contributed by atoms with Crippen LogP contribution in [-0.4, -0.2) is 81.1 Å². The highest BCUT2D eigenvalue weighted by molar-refractivity contribution is 7.19. The van der Waals surface area contributed by atoms with Gasteiger partial charge < -0.3 is 30.1 Å². The van der Waals surface area contributed by atoms with Crippen molar-refractivity contribution in [2.24, 2.45) is 27.2 Å². The number of aryl methyl sites for hydroxylation is 2. The summed E-state index contributed by atoms with van der Waals surface area (Å²) in [5, 5.41) is 18.4. The first kappa shape index (κ1) is 43.3. The molecule has 0 saturated heterocycles. The molecule has 6 heterocycles. The van der Waals surface area contributed by atoms with E-state index in [0.29, 0.717) is 39.1 Å². The first-order chi connectivity index (χ1) is 30.9. The third-order valence-electron chi connectivity index (χ3n) is 12.0. The average Bonchev–Trinajstić information content (AvgIpc) is 4.08. The van der Waals surface area contributed by atoms with Crippen LogP contribution in [0, 0.1) is 17.3 Å². The zero-order valence-electron chi connectivity index (χ0n) is 37.1. The summed E-state index contributed by atoms with van der Waals surface area (Å²) in [5.41, 5.74) is 8.77. The minimum absolute atomic E-state index is 0.0211. The Bertz CT molecular complexity index is 2840. The normalized spacial score (nSPS) is 17.0. The van der Waals surface area contributed by atoms with E-state index in [9.17, 15) is 14.7 Å². The number of aliphatic carboxylic acids is 1. The zero-order chi connectivity index (χ0) is 44.7. The molecule has 64 heavy (non-hydrogen) atoms. The number of carbonyl (C=O) groups is 2. The van der Waals surface area contributed by atoms with Gasteiger partial charge in [-0.05, 0) is 115 Å². The molecule has 4 aromatic heterocycles. The topological polar surface area (TPSA) is 176 Å². The molecular formula is C48H53N9O5S2. The van der Waals surface area contributed by atoms with Crippen LogP contribution in [-0.2, 0) is 48.4 Å². The number of anilines is 4. The maximum absolute atomic E-state index is 13.2. The van der Waals surface area contributed by atoms with Crippen LogP contribution in [0.5, 0.6) is 11.5 Å². The van der Waals surface area contributed by atoms with Gasteiger partial charge in [0.05, 0.1) is 54.4 Å². The summed E-state index contributed by atoms with van der Waals surface area (Å²) >= 11 is 3.26. The van der Waals surface area contributed by atoms with Crippen LogP contribution in [0.4, 0.5) is 23.0 Å². The lowest BCUT2D eigenvalue weighted by atomic mass is 9.86. The molecule has 1 amide bonds. The Morgan fingerprint density at radius 2 is 1.23 bits per heavy atom. The Morgan fingerprint density at radius 3 is 1.70 bits per heavy atom. The quantitative estimate of drug-likeness (QED) is 0.113. The van der Waals surface area contributed by atoms with Gasteiger partial charge in [-0.3, -0.25) is 19.6 Å². The van der Waals surface area contributed by atoms with Gasteiger partial charge in [0.2, 0.25) is 5.91 Å². The number of fused-ring (bicyclic) bond motifs is 8. The molecule has 0 saturated carbocycles. The first-order valence-electron chi connectivity index (χ1n) is 22.0. The number of thiophene rings is 2. The van der Waals surface area contributed by atoms with E-state index in [1.165, 1.54) is 21.6 Å². The summed E-state index contributed by atoms with van der Waals surface area (Å²) in [5.74, 6) is 2.33. The second-order valence-electron chi connectivity index (χ2n) is 17.9. The summed E-state index contributed by atoms with van der Waals surface area (Å²) in [7, 11) is 1.93. The number of carbonyl (C=O) groups excluding carboxylic acids is 1. The van der Waals surface area contributed by atoms with Gasteiger partial charge in [-0.15, -0.1) is 22.7 Å². The largest absolute Gasteiger partial charge is 0.492 e. The molecule has 3 N–H and O–H groups in total. The number of amides is 1. The lowest BCUT2D eigenvalue weighted by Gasteiger charge is -2.31. The van der Waals surface area contributed by atoms with Crippen LogP contribution in [0.1, 0.15) is 90.6 Å². The number of hydrogen-bond acceptors (Lipinski definition) is 14. The molecule has 10 rings (SSSR count). The van der Waals surface area contributed by atoms with Crippen LogP contribution in [0.15, 0.2) is 46.9 Å². The molecule has 16 heteroatoms. The predicted octanol–water partition coefficient (Wildman–Crippen LogP) is 9.33. The fraction of sp³-hybridized carbons (Fsp3) is 0.417. The smallest absolute Gasteiger partial charge is 0.306 e. The second-order valence-corrected chi connectivity index (χ2v) is 20.1. The van der Waals surface area contributed by atoms with Gasteiger partial charge in [-0.2, -0.15) is 0 Å². The number of hydrogen-bond donors (Lipinski definition) is 3. The van der Waals surface area contributed by atoms with Crippen LogP contribution in [0.2, 0.25) is 0 Å². The van der Waals surface area contributed by atoms with Crippen LogP contribution >= 0.6 is 22.7 Å². The molecule has 4 aliphatic rings.